The number of benzene rings is 3. The SMILES string of the molecule is CN1CC2=C(c3ccccc3)c3ccccc3C23ON=C(c2ccccc2)C3C1. The van der Waals surface area contributed by atoms with Crippen molar-refractivity contribution in [1.29, 1.82) is 0 Å². The topological polar surface area (TPSA) is 24.8 Å². The first kappa shape index (κ1) is 16.8. The molecule has 0 radical (unpaired) electrons. The van der Waals surface area contributed by atoms with Gasteiger partial charge >= 0.3 is 0 Å². The summed E-state index contributed by atoms with van der Waals surface area (Å²) in [6, 6.07) is 29.9. The summed E-state index contributed by atoms with van der Waals surface area (Å²) in [6.07, 6.45) is 0. The number of likely N-dealkylation sites (tertiary alicyclic amines) is 1. The van der Waals surface area contributed by atoms with Crippen molar-refractivity contribution in [2.75, 3.05) is 20.1 Å². The minimum absolute atomic E-state index is 0.168. The van der Waals surface area contributed by atoms with Crippen LogP contribution in [0.5, 0.6) is 0 Å². The third-order valence-corrected chi connectivity index (χ3v) is 6.51. The Morgan fingerprint density at radius 3 is 2.28 bits per heavy atom. The highest BCUT2D eigenvalue weighted by molar-refractivity contribution is 6.06. The predicted octanol–water partition coefficient (Wildman–Crippen LogP) is 4.69. The van der Waals surface area contributed by atoms with Gasteiger partial charge < -0.3 is 9.74 Å². The highest BCUT2D eigenvalue weighted by atomic mass is 16.7. The zero-order valence-electron chi connectivity index (χ0n) is 16.4. The minimum atomic E-state index is -0.501. The molecule has 3 nitrogen and oxygen atoms in total. The molecule has 1 fully saturated rings. The van der Waals surface area contributed by atoms with Gasteiger partial charge in [-0.25, -0.2) is 0 Å². The average Bonchev–Trinajstić information content (AvgIpc) is 3.29. The summed E-state index contributed by atoms with van der Waals surface area (Å²) in [5, 5.41) is 4.70. The van der Waals surface area contributed by atoms with Crippen molar-refractivity contribution >= 4 is 11.3 Å². The van der Waals surface area contributed by atoms with Crippen LogP contribution in [0.2, 0.25) is 0 Å². The Balaban J connectivity index is 1.61. The Kier molecular flexibility index (Phi) is 3.56. The Bertz CT molecular complexity index is 1150. The maximum atomic E-state index is 6.47. The molecule has 2 heterocycles. The van der Waals surface area contributed by atoms with Crippen LogP contribution in [0.15, 0.2) is 95.7 Å². The Morgan fingerprint density at radius 2 is 1.52 bits per heavy atom. The molecule has 0 aromatic heterocycles. The van der Waals surface area contributed by atoms with E-state index in [2.05, 4.69) is 90.8 Å². The van der Waals surface area contributed by atoms with Gasteiger partial charge in [0.1, 0.15) is 0 Å². The number of likely N-dealkylation sites (N-methyl/N-ethyl adjacent to an activating group) is 1. The van der Waals surface area contributed by atoms with Crippen molar-refractivity contribution in [2.24, 2.45) is 11.1 Å². The maximum absolute atomic E-state index is 6.47. The van der Waals surface area contributed by atoms with Gasteiger partial charge in [0, 0.05) is 24.2 Å². The highest BCUT2D eigenvalue weighted by Crippen LogP contribution is 2.58. The summed E-state index contributed by atoms with van der Waals surface area (Å²) in [7, 11) is 2.20. The number of piperidine rings is 1. The molecule has 142 valence electrons. The lowest BCUT2D eigenvalue weighted by atomic mass is 9.72. The van der Waals surface area contributed by atoms with E-state index in [1.807, 2.05) is 6.07 Å². The molecular formula is C26H22N2O. The van der Waals surface area contributed by atoms with Crippen LogP contribution in [0.4, 0.5) is 0 Å². The Hall–Kier alpha value is -3.17. The second kappa shape index (κ2) is 6.16. The van der Waals surface area contributed by atoms with Gasteiger partial charge in [-0.2, -0.15) is 0 Å². The first-order valence-corrected chi connectivity index (χ1v) is 10.2. The van der Waals surface area contributed by atoms with E-state index in [0.717, 1.165) is 24.4 Å². The zero-order chi connectivity index (χ0) is 19.4. The number of fused-ring (bicyclic) bond motifs is 1. The van der Waals surface area contributed by atoms with Gasteiger partial charge in [0.05, 0.1) is 11.6 Å². The highest BCUT2D eigenvalue weighted by Gasteiger charge is 2.60. The summed E-state index contributed by atoms with van der Waals surface area (Å²) < 4.78 is 0. The van der Waals surface area contributed by atoms with Crippen LogP contribution in [-0.2, 0) is 10.4 Å². The fourth-order valence-corrected chi connectivity index (χ4v) is 5.33. The number of hydrogen-bond acceptors (Lipinski definition) is 3. The summed E-state index contributed by atoms with van der Waals surface area (Å²) in [5.41, 5.74) is 8.12. The normalized spacial score (nSPS) is 25.1. The van der Waals surface area contributed by atoms with Crippen LogP contribution in [-0.4, -0.2) is 30.7 Å². The molecule has 0 bridgehead atoms. The van der Waals surface area contributed by atoms with Gasteiger partial charge in [-0.3, -0.25) is 0 Å². The molecule has 0 saturated carbocycles. The summed E-state index contributed by atoms with van der Waals surface area (Å²) in [4.78, 5) is 8.87. The fourth-order valence-electron chi connectivity index (χ4n) is 5.33. The van der Waals surface area contributed by atoms with Crippen LogP contribution < -0.4 is 0 Å². The van der Waals surface area contributed by atoms with Crippen molar-refractivity contribution in [3.05, 3.63) is 113 Å². The lowest BCUT2D eigenvalue weighted by molar-refractivity contribution is -0.0400. The van der Waals surface area contributed by atoms with E-state index >= 15 is 0 Å². The Morgan fingerprint density at radius 1 is 0.862 bits per heavy atom. The van der Waals surface area contributed by atoms with E-state index in [0.29, 0.717) is 0 Å². The standard InChI is InChI=1S/C26H22N2O/c1-28-16-22-24(18-10-4-2-5-11-18)20-14-8-9-15-21(20)26(22)23(17-28)25(27-29-26)19-12-6-3-7-13-19/h2-15,23H,16-17H2,1H3. The van der Waals surface area contributed by atoms with Gasteiger partial charge in [-0.1, -0.05) is 90.1 Å². The van der Waals surface area contributed by atoms with Crippen molar-refractivity contribution < 1.29 is 4.84 Å². The van der Waals surface area contributed by atoms with Gasteiger partial charge in [-0.05, 0) is 29.3 Å². The van der Waals surface area contributed by atoms with E-state index in [-0.39, 0.29) is 5.92 Å². The van der Waals surface area contributed by atoms with Gasteiger partial charge in [0.15, 0.2) is 5.60 Å². The smallest absolute Gasteiger partial charge is 0.196 e. The molecule has 3 aromatic carbocycles. The molecule has 2 unspecified atom stereocenters. The molecule has 2 atom stereocenters. The zero-order valence-corrected chi connectivity index (χ0v) is 16.4. The van der Waals surface area contributed by atoms with E-state index in [4.69, 9.17) is 9.99 Å². The second-order valence-electron chi connectivity index (χ2n) is 8.18. The largest absolute Gasteiger partial charge is 0.379 e. The molecule has 1 spiro atoms. The molecule has 6 rings (SSSR count). The van der Waals surface area contributed by atoms with Crippen molar-refractivity contribution in [1.82, 2.24) is 4.90 Å². The first-order valence-electron chi connectivity index (χ1n) is 10.2. The number of oxime groups is 1. The Labute approximate surface area is 170 Å². The molecule has 3 heteroatoms. The average molecular weight is 378 g/mol. The maximum Gasteiger partial charge on any atom is 0.196 e. The molecular weight excluding hydrogens is 356 g/mol. The van der Waals surface area contributed by atoms with Crippen LogP contribution in [0, 0.1) is 5.92 Å². The lowest BCUT2D eigenvalue weighted by Crippen LogP contribution is -2.50. The molecule has 0 amide bonds. The number of rotatable bonds is 2. The molecule has 3 aliphatic rings. The molecule has 2 aliphatic heterocycles. The monoisotopic (exact) mass is 378 g/mol. The van der Waals surface area contributed by atoms with E-state index in [9.17, 15) is 0 Å². The first-order chi connectivity index (χ1) is 14.3. The van der Waals surface area contributed by atoms with Crippen molar-refractivity contribution in [2.45, 2.75) is 5.60 Å². The summed E-state index contributed by atoms with van der Waals surface area (Å²) in [5.74, 6) is 0.168. The quantitative estimate of drug-likeness (QED) is 0.646. The van der Waals surface area contributed by atoms with Gasteiger partial charge in [-0.15, -0.1) is 0 Å². The summed E-state index contributed by atoms with van der Waals surface area (Å²) in [6.45, 7) is 1.81. The van der Waals surface area contributed by atoms with Gasteiger partial charge in [0.2, 0.25) is 0 Å². The van der Waals surface area contributed by atoms with Crippen LogP contribution >= 0.6 is 0 Å². The van der Waals surface area contributed by atoms with Crippen molar-refractivity contribution in [3.63, 3.8) is 0 Å². The molecule has 0 N–H and O–H groups in total. The van der Waals surface area contributed by atoms with Gasteiger partial charge in [0.25, 0.3) is 0 Å². The third kappa shape index (κ3) is 2.25. The predicted molar refractivity (Wildman–Crippen MR) is 116 cm³/mol. The van der Waals surface area contributed by atoms with Crippen LogP contribution in [0.25, 0.3) is 5.57 Å². The van der Waals surface area contributed by atoms with Crippen LogP contribution in [0.1, 0.15) is 22.3 Å². The van der Waals surface area contributed by atoms with E-state index < -0.39 is 5.60 Å². The van der Waals surface area contributed by atoms with E-state index in [1.54, 1.807) is 0 Å². The lowest BCUT2D eigenvalue weighted by Gasteiger charge is -2.41. The summed E-state index contributed by atoms with van der Waals surface area (Å²) >= 11 is 0. The molecule has 1 saturated heterocycles. The minimum Gasteiger partial charge on any atom is -0.379 e. The molecule has 29 heavy (non-hydrogen) atoms. The van der Waals surface area contributed by atoms with E-state index in [1.165, 1.54) is 27.8 Å². The third-order valence-electron chi connectivity index (χ3n) is 6.51. The fraction of sp³-hybridized carbons (Fsp3) is 0.192. The molecule has 1 aliphatic carbocycles. The number of hydrogen-bond donors (Lipinski definition) is 0. The second-order valence-corrected chi connectivity index (χ2v) is 8.18. The van der Waals surface area contributed by atoms with Crippen molar-refractivity contribution in [3.8, 4) is 0 Å². The molecule has 3 aromatic rings. The number of nitrogens with zero attached hydrogens (tertiary/aromatic N) is 2. The van der Waals surface area contributed by atoms with Crippen LogP contribution in [0.3, 0.4) is 0 Å².